The van der Waals surface area contributed by atoms with Crippen LogP contribution in [0.15, 0.2) is 36.4 Å². The second-order valence-electron chi connectivity index (χ2n) is 7.13. The quantitative estimate of drug-likeness (QED) is 0.704. The van der Waals surface area contributed by atoms with Gasteiger partial charge in [-0.3, -0.25) is 14.3 Å². The molecule has 0 saturated carbocycles. The standard InChI is InChI=1S/C19H23N5O3/c1-23-9-10-24-15(18(23)27)11-14(22-24)17(26)21-19(7-8-20-12-16(19)25)13-5-3-2-4-6-13/h2-6,11,16,20,25H,7-10,12H2,1H3,(H,21,26)/t16-,19+/m1/s1. The fourth-order valence-electron chi connectivity index (χ4n) is 3.83. The van der Waals surface area contributed by atoms with E-state index in [4.69, 9.17) is 0 Å². The molecule has 0 radical (unpaired) electrons. The largest absolute Gasteiger partial charge is 0.389 e. The molecule has 0 unspecified atom stereocenters. The molecule has 2 amide bonds. The fourth-order valence-corrected chi connectivity index (χ4v) is 3.83. The van der Waals surface area contributed by atoms with E-state index in [2.05, 4.69) is 15.7 Å². The summed E-state index contributed by atoms with van der Waals surface area (Å²) in [4.78, 5) is 26.9. The molecule has 0 spiro atoms. The topological polar surface area (TPSA) is 99.5 Å². The number of amides is 2. The lowest BCUT2D eigenvalue weighted by Crippen LogP contribution is -2.61. The van der Waals surface area contributed by atoms with Gasteiger partial charge < -0.3 is 20.6 Å². The molecule has 1 fully saturated rings. The first-order valence-electron chi connectivity index (χ1n) is 9.11. The summed E-state index contributed by atoms with van der Waals surface area (Å²) in [6.07, 6.45) is -0.221. The van der Waals surface area contributed by atoms with E-state index in [0.29, 0.717) is 38.3 Å². The highest BCUT2D eigenvalue weighted by molar-refractivity contribution is 5.98. The Morgan fingerprint density at radius 3 is 2.85 bits per heavy atom. The van der Waals surface area contributed by atoms with E-state index >= 15 is 0 Å². The van der Waals surface area contributed by atoms with Gasteiger partial charge in [0.15, 0.2) is 5.69 Å². The molecule has 2 aliphatic heterocycles. The van der Waals surface area contributed by atoms with Crippen LogP contribution in [0.1, 0.15) is 33.0 Å². The molecular weight excluding hydrogens is 346 g/mol. The Morgan fingerprint density at radius 2 is 2.11 bits per heavy atom. The number of piperidine rings is 1. The number of rotatable bonds is 3. The third kappa shape index (κ3) is 3.00. The number of likely N-dealkylation sites (N-methyl/N-ethyl adjacent to an activating group) is 1. The molecule has 4 rings (SSSR count). The van der Waals surface area contributed by atoms with Crippen molar-refractivity contribution in [1.29, 1.82) is 0 Å². The Kier molecular flexibility index (Phi) is 4.45. The minimum Gasteiger partial charge on any atom is -0.389 e. The maximum atomic E-state index is 13.0. The number of hydrogen-bond donors (Lipinski definition) is 3. The zero-order valence-electron chi connectivity index (χ0n) is 15.2. The van der Waals surface area contributed by atoms with Gasteiger partial charge in [-0.05, 0) is 18.5 Å². The van der Waals surface area contributed by atoms with Crippen LogP contribution in [-0.4, -0.2) is 64.4 Å². The van der Waals surface area contributed by atoms with Crippen molar-refractivity contribution in [3.8, 4) is 0 Å². The monoisotopic (exact) mass is 369 g/mol. The summed E-state index contributed by atoms with van der Waals surface area (Å²) in [5.41, 5.74) is 0.560. The number of carbonyl (C=O) groups is 2. The molecule has 142 valence electrons. The Hall–Kier alpha value is -2.71. The third-order valence-electron chi connectivity index (χ3n) is 5.45. The maximum absolute atomic E-state index is 13.0. The van der Waals surface area contributed by atoms with E-state index in [9.17, 15) is 14.7 Å². The first-order valence-corrected chi connectivity index (χ1v) is 9.11. The van der Waals surface area contributed by atoms with Crippen molar-refractivity contribution in [3.63, 3.8) is 0 Å². The van der Waals surface area contributed by atoms with Gasteiger partial charge >= 0.3 is 0 Å². The van der Waals surface area contributed by atoms with E-state index in [1.807, 2.05) is 30.3 Å². The van der Waals surface area contributed by atoms with E-state index in [1.165, 1.54) is 6.07 Å². The molecule has 2 atom stereocenters. The Bertz CT molecular complexity index is 865. The van der Waals surface area contributed by atoms with Gasteiger partial charge in [0.1, 0.15) is 5.69 Å². The van der Waals surface area contributed by atoms with Gasteiger partial charge in [0, 0.05) is 26.2 Å². The predicted octanol–water partition coefficient (Wildman–Crippen LogP) is -0.0518. The van der Waals surface area contributed by atoms with Crippen molar-refractivity contribution >= 4 is 11.8 Å². The van der Waals surface area contributed by atoms with Crippen molar-refractivity contribution < 1.29 is 14.7 Å². The smallest absolute Gasteiger partial charge is 0.272 e. The normalized spacial score (nSPS) is 25.2. The highest BCUT2D eigenvalue weighted by Gasteiger charge is 2.43. The number of nitrogens with one attached hydrogen (secondary N) is 2. The van der Waals surface area contributed by atoms with Crippen LogP contribution in [0.5, 0.6) is 0 Å². The molecule has 27 heavy (non-hydrogen) atoms. The van der Waals surface area contributed by atoms with Crippen molar-refractivity contribution in [2.75, 3.05) is 26.7 Å². The molecule has 2 aromatic rings. The number of fused-ring (bicyclic) bond motifs is 1. The Labute approximate surface area is 157 Å². The molecule has 3 heterocycles. The van der Waals surface area contributed by atoms with Crippen LogP contribution in [-0.2, 0) is 12.1 Å². The number of aromatic nitrogens is 2. The van der Waals surface area contributed by atoms with E-state index < -0.39 is 17.6 Å². The molecule has 1 aromatic heterocycles. The van der Waals surface area contributed by atoms with Crippen LogP contribution in [0.25, 0.3) is 0 Å². The average molecular weight is 369 g/mol. The lowest BCUT2D eigenvalue weighted by molar-refractivity contribution is 0.0287. The number of nitrogens with zero attached hydrogens (tertiary/aromatic N) is 3. The highest BCUT2D eigenvalue weighted by atomic mass is 16.3. The highest BCUT2D eigenvalue weighted by Crippen LogP contribution is 2.31. The molecule has 8 nitrogen and oxygen atoms in total. The Morgan fingerprint density at radius 1 is 1.33 bits per heavy atom. The maximum Gasteiger partial charge on any atom is 0.272 e. The molecule has 3 N–H and O–H groups in total. The minimum absolute atomic E-state index is 0.146. The van der Waals surface area contributed by atoms with Crippen LogP contribution in [0.3, 0.4) is 0 Å². The third-order valence-corrected chi connectivity index (χ3v) is 5.45. The van der Waals surface area contributed by atoms with Crippen molar-refractivity contribution in [2.24, 2.45) is 0 Å². The summed E-state index contributed by atoms with van der Waals surface area (Å²) in [6, 6.07) is 11.0. The number of aliphatic hydroxyl groups is 1. The molecule has 2 aliphatic rings. The van der Waals surface area contributed by atoms with Gasteiger partial charge in [-0.2, -0.15) is 5.10 Å². The average Bonchev–Trinajstić information content (AvgIpc) is 3.13. The first-order chi connectivity index (χ1) is 13.0. The van der Waals surface area contributed by atoms with Gasteiger partial charge in [-0.25, -0.2) is 0 Å². The Balaban J connectivity index is 1.66. The second kappa shape index (κ2) is 6.79. The second-order valence-corrected chi connectivity index (χ2v) is 7.13. The molecule has 8 heteroatoms. The molecule has 1 saturated heterocycles. The predicted molar refractivity (Wildman–Crippen MR) is 98.3 cm³/mol. The van der Waals surface area contributed by atoms with Gasteiger partial charge in [0.2, 0.25) is 0 Å². The summed E-state index contributed by atoms with van der Waals surface area (Å²) in [5.74, 6) is -0.537. The summed E-state index contributed by atoms with van der Waals surface area (Å²) in [6.45, 7) is 2.18. The van der Waals surface area contributed by atoms with Crippen LogP contribution < -0.4 is 10.6 Å². The van der Waals surface area contributed by atoms with Gasteiger partial charge in [-0.1, -0.05) is 30.3 Å². The van der Waals surface area contributed by atoms with Crippen LogP contribution in [0.2, 0.25) is 0 Å². The molecule has 0 aliphatic carbocycles. The van der Waals surface area contributed by atoms with Crippen molar-refractivity contribution in [3.05, 3.63) is 53.3 Å². The van der Waals surface area contributed by atoms with E-state index in [-0.39, 0.29) is 11.6 Å². The van der Waals surface area contributed by atoms with Crippen LogP contribution >= 0.6 is 0 Å². The number of hydrogen-bond acceptors (Lipinski definition) is 5. The number of aliphatic hydroxyl groups excluding tert-OH is 1. The van der Waals surface area contributed by atoms with Gasteiger partial charge in [0.25, 0.3) is 11.8 Å². The lowest BCUT2D eigenvalue weighted by Gasteiger charge is -2.42. The number of β-amino-alcohol motifs (C(OH)–C–C–N with tert-alkyl or cyclic N) is 1. The SMILES string of the molecule is CN1CCn2nc(C(=O)N[C@]3(c4ccccc4)CCNC[C@H]3O)cc2C1=O. The van der Waals surface area contributed by atoms with Crippen LogP contribution in [0, 0.1) is 0 Å². The minimum atomic E-state index is -0.894. The zero-order chi connectivity index (χ0) is 19.0. The fraction of sp³-hybridized carbons (Fsp3) is 0.421. The molecule has 1 aromatic carbocycles. The van der Waals surface area contributed by atoms with E-state index in [0.717, 1.165) is 5.56 Å². The van der Waals surface area contributed by atoms with Crippen molar-refractivity contribution in [1.82, 2.24) is 25.3 Å². The van der Waals surface area contributed by atoms with Crippen LogP contribution in [0.4, 0.5) is 0 Å². The van der Waals surface area contributed by atoms with E-state index in [1.54, 1.807) is 16.6 Å². The lowest BCUT2D eigenvalue weighted by atomic mass is 9.79. The van der Waals surface area contributed by atoms with Gasteiger partial charge in [-0.15, -0.1) is 0 Å². The van der Waals surface area contributed by atoms with Crippen molar-refractivity contribution in [2.45, 2.75) is 24.6 Å². The first kappa shape index (κ1) is 17.7. The zero-order valence-corrected chi connectivity index (χ0v) is 15.2. The molecular formula is C19H23N5O3. The van der Waals surface area contributed by atoms with Gasteiger partial charge in [0.05, 0.1) is 18.2 Å². The number of benzene rings is 1. The summed E-state index contributed by atoms with van der Waals surface area (Å²) in [7, 11) is 1.73. The summed E-state index contributed by atoms with van der Waals surface area (Å²) in [5, 5.41) is 21.2. The molecule has 0 bridgehead atoms. The number of carbonyl (C=O) groups excluding carboxylic acids is 2. The summed E-state index contributed by atoms with van der Waals surface area (Å²) >= 11 is 0. The summed E-state index contributed by atoms with van der Waals surface area (Å²) < 4.78 is 1.57.